The molecular formula is C9H11NO2S2. The molecule has 1 atom stereocenters. The molecule has 0 bridgehead atoms. The third-order valence-corrected chi connectivity index (χ3v) is 3.90. The number of thiazole rings is 1. The van der Waals surface area contributed by atoms with Gasteiger partial charge in [0.1, 0.15) is 6.10 Å². The lowest BCUT2D eigenvalue weighted by Crippen LogP contribution is -2.17. The average Bonchev–Trinajstić information content (AvgIpc) is 2.75. The van der Waals surface area contributed by atoms with Crippen molar-refractivity contribution < 1.29 is 9.53 Å². The molecule has 0 amide bonds. The summed E-state index contributed by atoms with van der Waals surface area (Å²) in [7, 11) is 0. The van der Waals surface area contributed by atoms with Crippen molar-refractivity contribution in [2.45, 2.75) is 19.4 Å². The van der Waals surface area contributed by atoms with E-state index in [0.717, 1.165) is 22.9 Å². The second-order valence-electron chi connectivity index (χ2n) is 3.14. The van der Waals surface area contributed by atoms with E-state index in [1.807, 2.05) is 18.7 Å². The van der Waals surface area contributed by atoms with Crippen molar-refractivity contribution in [2.75, 3.05) is 11.5 Å². The van der Waals surface area contributed by atoms with Crippen molar-refractivity contribution >= 4 is 29.1 Å². The van der Waals surface area contributed by atoms with Crippen molar-refractivity contribution in [1.29, 1.82) is 0 Å². The predicted molar refractivity (Wildman–Crippen MR) is 58.0 cm³/mol. The summed E-state index contributed by atoms with van der Waals surface area (Å²) in [6, 6.07) is 0. The SMILES string of the molecule is Cc1nc(C(=O)O[C@H]2CCSC2)cs1. The first kappa shape index (κ1) is 9.98. The molecule has 14 heavy (non-hydrogen) atoms. The van der Waals surface area contributed by atoms with Gasteiger partial charge in [-0.05, 0) is 19.1 Å². The van der Waals surface area contributed by atoms with Gasteiger partial charge in [0, 0.05) is 11.1 Å². The molecule has 1 aromatic rings. The Hall–Kier alpha value is -0.550. The number of hydrogen-bond donors (Lipinski definition) is 0. The number of esters is 1. The first-order chi connectivity index (χ1) is 6.75. The zero-order chi connectivity index (χ0) is 9.97. The van der Waals surface area contributed by atoms with Crippen LogP contribution in [0.25, 0.3) is 0 Å². The molecule has 0 spiro atoms. The monoisotopic (exact) mass is 229 g/mol. The van der Waals surface area contributed by atoms with E-state index in [2.05, 4.69) is 4.98 Å². The minimum atomic E-state index is -0.276. The van der Waals surface area contributed by atoms with Gasteiger partial charge < -0.3 is 4.74 Å². The van der Waals surface area contributed by atoms with Crippen LogP contribution in [0, 0.1) is 6.92 Å². The van der Waals surface area contributed by atoms with Gasteiger partial charge in [-0.25, -0.2) is 9.78 Å². The molecule has 1 aromatic heterocycles. The Morgan fingerprint density at radius 2 is 2.57 bits per heavy atom. The van der Waals surface area contributed by atoms with Crippen LogP contribution < -0.4 is 0 Å². The molecule has 0 radical (unpaired) electrons. The number of hydrogen-bond acceptors (Lipinski definition) is 5. The number of aryl methyl sites for hydroxylation is 1. The van der Waals surface area contributed by atoms with Gasteiger partial charge in [-0.3, -0.25) is 0 Å². The maximum absolute atomic E-state index is 11.5. The smallest absolute Gasteiger partial charge is 0.358 e. The largest absolute Gasteiger partial charge is 0.457 e. The van der Waals surface area contributed by atoms with Gasteiger partial charge in [-0.1, -0.05) is 0 Å². The molecule has 0 aliphatic carbocycles. The summed E-state index contributed by atoms with van der Waals surface area (Å²) in [4.78, 5) is 15.6. The molecule has 76 valence electrons. The molecule has 2 heterocycles. The molecule has 1 saturated heterocycles. The quantitative estimate of drug-likeness (QED) is 0.728. The van der Waals surface area contributed by atoms with Gasteiger partial charge in [0.15, 0.2) is 5.69 Å². The van der Waals surface area contributed by atoms with E-state index >= 15 is 0 Å². The fraction of sp³-hybridized carbons (Fsp3) is 0.556. The van der Waals surface area contributed by atoms with Crippen LogP contribution >= 0.6 is 23.1 Å². The molecule has 1 aliphatic rings. The Kier molecular flexibility index (Phi) is 3.08. The minimum Gasteiger partial charge on any atom is -0.457 e. The summed E-state index contributed by atoms with van der Waals surface area (Å²) in [6.45, 7) is 1.88. The van der Waals surface area contributed by atoms with Crippen molar-refractivity contribution in [2.24, 2.45) is 0 Å². The Labute approximate surface area is 90.9 Å². The summed E-state index contributed by atoms with van der Waals surface area (Å²) >= 11 is 3.30. The second-order valence-corrected chi connectivity index (χ2v) is 5.35. The number of aromatic nitrogens is 1. The lowest BCUT2D eigenvalue weighted by atomic mass is 10.3. The van der Waals surface area contributed by atoms with Crippen molar-refractivity contribution in [1.82, 2.24) is 4.98 Å². The van der Waals surface area contributed by atoms with E-state index < -0.39 is 0 Å². The van der Waals surface area contributed by atoms with Gasteiger partial charge in [-0.2, -0.15) is 11.8 Å². The molecule has 0 N–H and O–H groups in total. The van der Waals surface area contributed by atoms with E-state index in [4.69, 9.17) is 4.74 Å². The van der Waals surface area contributed by atoms with E-state index in [9.17, 15) is 4.79 Å². The summed E-state index contributed by atoms with van der Waals surface area (Å²) in [6.07, 6.45) is 1.06. The van der Waals surface area contributed by atoms with Gasteiger partial charge in [0.25, 0.3) is 0 Å². The molecule has 5 heteroatoms. The Morgan fingerprint density at radius 3 is 3.14 bits per heavy atom. The first-order valence-electron chi connectivity index (χ1n) is 4.46. The average molecular weight is 229 g/mol. The van der Waals surface area contributed by atoms with Crippen LogP contribution in [0.15, 0.2) is 5.38 Å². The molecule has 1 fully saturated rings. The third kappa shape index (κ3) is 2.27. The highest BCUT2D eigenvalue weighted by Crippen LogP contribution is 2.21. The van der Waals surface area contributed by atoms with Gasteiger partial charge in [0.2, 0.25) is 0 Å². The third-order valence-electron chi connectivity index (χ3n) is 1.99. The van der Waals surface area contributed by atoms with Crippen LogP contribution in [0.5, 0.6) is 0 Å². The first-order valence-corrected chi connectivity index (χ1v) is 6.50. The van der Waals surface area contributed by atoms with Crippen molar-refractivity contribution in [3.05, 3.63) is 16.1 Å². The highest BCUT2D eigenvalue weighted by molar-refractivity contribution is 7.99. The molecule has 3 nitrogen and oxygen atoms in total. The molecule has 1 aliphatic heterocycles. The maximum atomic E-state index is 11.5. The fourth-order valence-corrected chi connectivity index (χ4v) is 2.95. The number of nitrogens with zero attached hydrogens (tertiary/aromatic N) is 1. The molecule has 0 saturated carbocycles. The molecule has 0 aromatic carbocycles. The summed E-state index contributed by atoms with van der Waals surface area (Å²) in [5, 5.41) is 2.65. The van der Waals surface area contributed by atoms with Crippen molar-refractivity contribution in [3.8, 4) is 0 Å². The van der Waals surface area contributed by atoms with Crippen LogP contribution in [-0.2, 0) is 4.74 Å². The van der Waals surface area contributed by atoms with Crippen LogP contribution in [0.4, 0.5) is 0 Å². The zero-order valence-corrected chi connectivity index (χ0v) is 9.49. The van der Waals surface area contributed by atoms with Gasteiger partial charge in [-0.15, -0.1) is 11.3 Å². The molecule has 2 rings (SSSR count). The van der Waals surface area contributed by atoms with Gasteiger partial charge in [0.05, 0.1) is 5.01 Å². The lowest BCUT2D eigenvalue weighted by molar-refractivity contribution is 0.0350. The van der Waals surface area contributed by atoms with E-state index in [1.165, 1.54) is 11.3 Å². The Morgan fingerprint density at radius 1 is 1.71 bits per heavy atom. The summed E-state index contributed by atoms with van der Waals surface area (Å²) < 4.78 is 5.30. The van der Waals surface area contributed by atoms with Crippen LogP contribution in [-0.4, -0.2) is 28.6 Å². The lowest BCUT2D eigenvalue weighted by Gasteiger charge is -2.08. The maximum Gasteiger partial charge on any atom is 0.358 e. The fourth-order valence-electron chi connectivity index (χ4n) is 1.27. The van der Waals surface area contributed by atoms with E-state index in [-0.39, 0.29) is 12.1 Å². The van der Waals surface area contributed by atoms with Crippen LogP contribution in [0.2, 0.25) is 0 Å². The standard InChI is InChI=1S/C9H11NO2S2/c1-6-10-8(5-14-6)9(11)12-7-2-3-13-4-7/h5,7H,2-4H2,1H3/t7-/m0/s1. The summed E-state index contributed by atoms with van der Waals surface area (Å²) in [5.74, 6) is 1.74. The molecular weight excluding hydrogens is 218 g/mol. The Balaban J connectivity index is 1.95. The zero-order valence-electron chi connectivity index (χ0n) is 7.86. The summed E-state index contributed by atoms with van der Waals surface area (Å²) in [5.41, 5.74) is 0.449. The number of carbonyl (C=O) groups excluding carboxylic acids is 1. The Bertz CT molecular complexity index is 331. The van der Waals surface area contributed by atoms with E-state index in [0.29, 0.717) is 5.69 Å². The highest BCUT2D eigenvalue weighted by Gasteiger charge is 2.21. The topological polar surface area (TPSA) is 39.2 Å². The molecule has 0 unspecified atom stereocenters. The number of thioether (sulfide) groups is 1. The van der Waals surface area contributed by atoms with Crippen LogP contribution in [0.3, 0.4) is 0 Å². The van der Waals surface area contributed by atoms with Crippen LogP contribution in [0.1, 0.15) is 21.9 Å². The predicted octanol–water partition coefficient (Wildman–Crippen LogP) is 2.11. The highest BCUT2D eigenvalue weighted by atomic mass is 32.2. The number of ether oxygens (including phenoxy) is 1. The van der Waals surface area contributed by atoms with E-state index in [1.54, 1.807) is 5.38 Å². The number of carbonyl (C=O) groups is 1. The normalized spacial score (nSPS) is 21.1. The second kappa shape index (κ2) is 4.31. The van der Waals surface area contributed by atoms with Gasteiger partial charge >= 0.3 is 5.97 Å². The number of rotatable bonds is 2. The minimum absolute atomic E-state index is 0.0921. The van der Waals surface area contributed by atoms with Crippen molar-refractivity contribution in [3.63, 3.8) is 0 Å².